The topological polar surface area (TPSA) is 61.4 Å². The van der Waals surface area contributed by atoms with Gasteiger partial charge in [0.2, 0.25) is 11.8 Å². The Bertz CT molecular complexity index is 477. The highest BCUT2D eigenvalue weighted by molar-refractivity contribution is 5.95. The van der Waals surface area contributed by atoms with Crippen LogP contribution in [0.15, 0.2) is 18.2 Å². The second-order valence-electron chi connectivity index (χ2n) is 4.58. The van der Waals surface area contributed by atoms with Gasteiger partial charge in [0.25, 0.3) is 0 Å². The van der Waals surface area contributed by atoms with Crippen LogP contribution in [0.2, 0.25) is 0 Å². The van der Waals surface area contributed by atoms with Gasteiger partial charge >= 0.3 is 0 Å². The molecule has 0 atom stereocenters. The zero-order valence-electron chi connectivity index (χ0n) is 12.3. The van der Waals surface area contributed by atoms with E-state index >= 15 is 0 Å². The van der Waals surface area contributed by atoms with E-state index in [1.165, 1.54) is 4.90 Å². The minimum atomic E-state index is -0.194. The van der Waals surface area contributed by atoms with Gasteiger partial charge in [0.15, 0.2) is 0 Å². The Kier molecular flexibility index (Phi) is 7.87. The fourth-order valence-corrected chi connectivity index (χ4v) is 1.67. The Balaban J connectivity index is 0.00000361. The van der Waals surface area contributed by atoms with Crippen molar-refractivity contribution in [1.82, 2.24) is 10.2 Å². The SMILES string of the molecule is CNCC(=O)N(C)CC(=O)Nc1cccc(C)c1C.Cl. The van der Waals surface area contributed by atoms with Crippen molar-refractivity contribution in [3.8, 4) is 0 Å². The van der Waals surface area contributed by atoms with E-state index in [9.17, 15) is 9.59 Å². The zero-order valence-corrected chi connectivity index (χ0v) is 13.1. The lowest BCUT2D eigenvalue weighted by Crippen LogP contribution is -2.39. The Hall–Kier alpha value is -1.59. The number of anilines is 1. The van der Waals surface area contributed by atoms with Gasteiger partial charge in [-0.3, -0.25) is 9.59 Å². The molecule has 2 amide bonds. The molecule has 6 heteroatoms. The van der Waals surface area contributed by atoms with Crippen molar-refractivity contribution in [3.63, 3.8) is 0 Å². The number of halogens is 1. The first-order valence-corrected chi connectivity index (χ1v) is 6.20. The van der Waals surface area contributed by atoms with Crippen LogP contribution in [-0.2, 0) is 9.59 Å². The van der Waals surface area contributed by atoms with Gasteiger partial charge in [-0.1, -0.05) is 12.1 Å². The summed E-state index contributed by atoms with van der Waals surface area (Å²) in [7, 11) is 3.31. The number of benzene rings is 1. The molecule has 0 aliphatic heterocycles. The van der Waals surface area contributed by atoms with Gasteiger partial charge in [-0.15, -0.1) is 12.4 Å². The van der Waals surface area contributed by atoms with Crippen LogP contribution in [0.1, 0.15) is 11.1 Å². The summed E-state index contributed by atoms with van der Waals surface area (Å²) in [5, 5.41) is 5.59. The smallest absolute Gasteiger partial charge is 0.243 e. The first kappa shape index (κ1) is 18.4. The molecule has 1 aromatic carbocycles. The summed E-state index contributed by atoms with van der Waals surface area (Å²) < 4.78 is 0. The standard InChI is InChI=1S/C14H21N3O2.ClH/c1-10-6-5-7-12(11(10)2)16-13(18)9-17(4)14(19)8-15-3;/h5-7,15H,8-9H2,1-4H3,(H,16,18);1H. The van der Waals surface area contributed by atoms with E-state index in [1.807, 2.05) is 32.0 Å². The third-order valence-electron chi connectivity index (χ3n) is 3.01. The second-order valence-corrected chi connectivity index (χ2v) is 4.58. The van der Waals surface area contributed by atoms with Crippen molar-refractivity contribution in [2.45, 2.75) is 13.8 Å². The van der Waals surface area contributed by atoms with Crippen LogP contribution < -0.4 is 10.6 Å². The molecule has 0 radical (unpaired) electrons. The lowest BCUT2D eigenvalue weighted by molar-refractivity contribution is -0.132. The molecule has 0 aliphatic carbocycles. The summed E-state index contributed by atoms with van der Waals surface area (Å²) >= 11 is 0. The Morgan fingerprint density at radius 2 is 1.90 bits per heavy atom. The van der Waals surface area contributed by atoms with Gasteiger partial charge in [0.1, 0.15) is 0 Å². The number of aryl methyl sites for hydroxylation is 1. The van der Waals surface area contributed by atoms with Gasteiger partial charge < -0.3 is 15.5 Å². The van der Waals surface area contributed by atoms with Gasteiger partial charge in [-0.2, -0.15) is 0 Å². The monoisotopic (exact) mass is 299 g/mol. The Labute approximate surface area is 126 Å². The fourth-order valence-electron chi connectivity index (χ4n) is 1.67. The van der Waals surface area contributed by atoms with E-state index in [1.54, 1.807) is 14.1 Å². The molecule has 0 bridgehead atoms. The molecule has 0 unspecified atom stereocenters. The molecule has 1 aromatic rings. The van der Waals surface area contributed by atoms with Crippen LogP contribution in [0.5, 0.6) is 0 Å². The maximum atomic E-state index is 11.9. The molecule has 0 aromatic heterocycles. The number of nitrogens with zero attached hydrogens (tertiary/aromatic N) is 1. The summed E-state index contributed by atoms with van der Waals surface area (Å²) in [5.41, 5.74) is 2.96. The number of hydrogen-bond acceptors (Lipinski definition) is 3. The number of hydrogen-bond donors (Lipinski definition) is 2. The van der Waals surface area contributed by atoms with Crippen molar-refractivity contribution in [2.75, 3.05) is 32.5 Å². The number of carbonyl (C=O) groups excluding carboxylic acids is 2. The van der Waals surface area contributed by atoms with E-state index in [4.69, 9.17) is 0 Å². The van der Waals surface area contributed by atoms with Gasteiger partial charge in [-0.25, -0.2) is 0 Å². The van der Waals surface area contributed by atoms with Crippen molar-refractivity contribution < 1.29 is 9.59 Å². The summed E-state index contributed by atoms with van der Waals surface area (Å²) in [4.78, 5) is 24.8. The molecule has 5 nitrogen and oxygen atoms in total. The maximum absolute atomic E-state index is 11.9. The molecule has 20 heavy (non-hydrogen) atoms. The van der Waals surface area contributed by atoms with E-state index < -0.39 is 0 Å². The third-order valence-corrected chi connectivity index (χ3v) is 3.01. The molecular formula is C14H22ClN3O2. The van der Waals surface area contributed by atoms with Crippen LogP contribution in [0.25, 0.3) is 0 Å². The van der Waals surface area contributed by atoms with Crippen molar-refractivity contribution in [2.24, 2.45) is 0 Å². The number of nitrogens with one attached hydrogen (secondary N) is 2. The normalized spacial score (nSPS) is 9.60. The summed E-state index contributed by atoms with van der Waals surface area (Å²) in [6.07, 6.45) is 0. The largest absolute Gasteiger partial charge is 0.335 e. The first-order chi connectivity index (χ1) is 8.95. The highest BCUT2D eigenvalue weighted by Gasteiger charge is 2.12. The van der Waals surface area contributed by atoms with Gasteiger partial charge in [-0.05, 0) is 38.1 Å². The fraction of sp³-hybridized carbons (Fsp3) is 0.429. The minimum absolute atomic E-state index is 0. The first-order valence-electron chi connectivity index (χ1n) is 6.20. The lowest BCUT2D eigenvalue weighted by Gasteiger charge is -2.17. The molecular weight excluding hydrogens is 278 g/mol. The van der Waals surface area contributed by atoms with E-state index in [2.05, 4.69) is 10.6 Å². The molecule has 0 fully saturated rings. The molecule has 2 N–H and O–H groups in total. The number of rotatable bonds is 5. The maximum Gasteiger partial charge on any atom is 0.243 e. The van der Waals surface area contributed by atoms with Crippen LogP contribution in [0, 0.1) is 13.8 Å². The molecule has 0 saturated heterocycles. The minimum Gasteiger partial charge on any atom is -0.335 e. The van der Waals surface area contributed by atoms with Crippen molar-refractivity contribution in [1.29, 1.82) is 0 Å². The van der Waals surface area contributed by atoms with E-state index in [0.717, 1.165) is 16.8 Å². The Morgan fingerprint density at radius 3 is 2.50 bits per heavy atom. The van der Waals surface area contributed by atoms with Crippen LogP contribution in [0.3, 0.4) is 0 Å². The van der Waals surface area contributed by atoms with Crippen molar-refractivity contribution >= 4 is 29.9 Å². The number of likely N-dealkylation sites (N-methyl/N-ethyl adjacent to an activating group) is 2. The summed E-state index contributed by atoms with van der Waals surface area (Å²) in [5.74, 6) is -0.306. The predicted molar refractivity (Wildman–Crippen MR) is 83.4 cm³/mol. The van der Waals surface area contributed by atoms with Crippen LogP contribution in [-0.4, -0.2) is 43.9 Å². The third kappa shape index (κ3) is 5.19. The summed E-state index contributed by atoms with van der Waals surface area (Å²) in [6, 6.07) is 5.75. The lowest BCUT2D eigenvalue weighted by atomic mass is 10.1. The molecule has 1 rings (SSSR count). The second kappa shape index (κ2) is 8.55. The predicted octanol–water partition coefficient (Wildman–Crippen LogP) is 1.34. The summed E-state index contributed by atoms with van der Waals surface area (Å²) in [6.45, 7) is 4.23. The van der Waals surface area contributed by atoms with Crippen LogP contribution in [0.4, 0.5) is 5.69 Å². The Morgan fingerprint density at radius 1 is 1.25 bits per heavy atom. The van der Waals surface area contributed by atoms with Gasteiger partial charge in [0.05, 0.1) is 13.1 Å². The quantitative estimate of drug-likeness (QED) is 0.862. The molecule has 0 heterocycles. The highest BCUT2D eigenvalue weighted by atomic mass is 35.5. The van der Waals surface area contributed by atoms with E-state index in [-0.39, 0.29) is 37.3 Å². The van der Waals surface area contributed by atoms with Crippen molar-refractivity contribution in [3.05, 3.63) is 29.3 Å². The highest BCUT2D eigenvalue weighted by Crippen LogP contribution is 2.17. The van der Waals surface area contributed by atoms with E-state index in [0.29, 0.717) is 0 Å². The molecule has 0 spiro atoms. The van der Waals surface area contributed by atoms with Gasteiger partial charge in [0, 0.05) is 12.7 Å². The average molecular weight is 300 g/mol. The zero-order chi connectivity index (χ0) is 14.4. The van der Waals surface area contributed by atoms with Crippen LogP contribution >= 0.6 is 12.4 Å². The number of amides is 2. The average Bonchev–Trinajstić information content (AvgIpc) is 2.35. The molecule has 112 valence electrons. The molecule has 0 saturated carbocycles. The number of carbonyl (C=O) groups is 2. The molecule has 0 aliphatic rings.